The predicted molar refractivity (Wildman–Crippen MR) is 75.1 cm³/mol. The normalized spacial score (nSPS) is 29.1. The molecule has 0 aromatic heterocycles. The van der Waals surface area contributed by atoms with E-state index in [1.807, 2.05) is 30.3 Å². The Kier molecular flexibility index (Phi) is 3.92. The van der Waals surface area contributed by atoms with Gasteiger partial charge < -0.3 is 14.7 Å². The van der Waals surface area contributed by atoms with Crippen LogP contribution in [-0.2, 0) is 11.3 Å². The molecule has 4 heteroatoms. The number of amides is 1. The number of carbonyl (C=O) groups excluding carboxylic acids is 1. The van der Waals surface area contributed by atoms with E-state index in [1.165, 1.54) is 0 Å². The van der Waals surface area contributed by atoms with E-state index in [2.05, 4.69) is 0 Å². The molecule has 0 unspecified atom stereocenters. The number of likely N-dealkylation sites (tertiary alicyclic amines) is 1. The van der Waals surface area contributed by atoms with Gasteiger partial charge in [0.05, 0.1) is 12.1 Å². The fourth-order valence-electron chi connectivity index (χ4n) is 3.33. The number of ether oxygens (including phenoxy) is 1. The van der Waals surface area contributed by atoms with Crippen LogP contribution in [0, 0.1) is 5.92 Å². The minimum Gasteiger partial charge on any atom is -0.445 e. The van der Waals surface area contributed by atoms with Crippen LogP contribution >= 0.6 is 0 Å². The van der Waals surface area contributed by atoms with Gasteiger partial charge in [-0.05, 0) is 37.2 Å². The maximum atomic E-state index is 12.2. The van der Waals surface area contributed by atoms with Gasteiger partial charge in [-0.2, -0.15) is 0 Å². The van der Waals surface area contributed by atoms with Crippen LogP contribution in [0.2, 0.25) is 0 Å². The van der Waals surface area contributed by atoms with Gasteiger partial charge >= 0.3 is 6.09 Å². The van der Waals surface area contributed by atoms with Crippen molar-refractivity contribution in [3.05, 3.63) is 35.9 Å². The Hall–Kier alpha value is -1.55. The second-order valence-electron chi connectivity index (χ2n) is 5.84. The van der Waals surface area contributed by atoms with Gasteiger partial charge in [0.2, 0.25) is 0 Å². The molecule has 1 aromatic rings. The highest BCUT2D eigenvalue weighted by Gasteiger charge is 2.40. The number of aliphatic hydroxyl groups is 1. The summed E-state index contributed by atoms with van der Waals surface area (Å²) in [6.07, 6.45) is 3.15. The molecule has 1 aliphatic heterocycles. The Morgan fingerprint density at radius 1 is 1.25 bits per heavy atom. The standard InChI is InChI=1S/C16H21NO3/c18-15-7-6-12-8-9-17(14(15)10-12)16(19)20-11-13-4-2-1-3-5-13/h1-5,12,14-15,18H,6-11H2/t12-,14+,15+/m1/s1. The predicted octanol–water partition coefficient (Wildman–Crippen LogP) is 2.56. The van der Waals surface area contributed by atoms with Crippen molar-refractivity contribution in [2.45, 2.75) is 44.4 Å². The van der Waals surface area contributed by atoms with Crippen LogP contribution in [0.25, 0.3) is 0 Å². The van der Waals surface area contributed by atoms with Gasteiger partial charge in [-0.25, -0.2) is 4.79 Å². The third kappa shape index (κ3) is 2.80. The first kappa shape index (κ1) is 13.4. The molecule has 4 nitrogen and oxygen atoms in total. The van der Waals surface area contributed by atoms with Gasteiger partial charge in [-0.15, -0.1) is 0 Å². The number of hydrogen-bond donors (Lipinski definition) is 1. The highest BCUT2D eigenvalue weighted by molar-refractivity contribution is 5.68. The van der Waals surface area contributed by atoms with Crippen molar-refractivity contribution >= 4 is 6.09 Å². The molecular formula is C16H21NO3. The minimum atomic E-state index is -0.393. The van der Waals surface area contributed by atoms with Crippen LogP contribution in [0.5, 0.6) is 0 Å². The van der Waals surface area contributed by atoms with E-state index in [0.717, 1.165) is 31.2 Å². The van der Waals surface area contributed by atoms with Crippen molar-refractivity contribution in [1.82, 2.24) is 4.90 Å². The number of piperidine rings is 1. The number of hydrogen-bond acceptors (Lipinski definition) is 3. The fourth-order valence-corrected chi connectivity index (χ4v) is 3.33. The van der Waals surface area contributed by atoms with Crippen molar-refractivity contribution in [1.29, 1.82) is 0 Å². The molecule has 1 aliphatic carbocycles. The molecule has 1 aromatic carbocycles. The smallest absolute Gasteiger partial charge is 0.410 e. The number of carbonyl (C=O) groups is 1. The molecule has 2 fully saturated rings. The average molecular weight is 275 g/mol. The van der Waals surface area contributed by atoms with Crippen molar-refractivity contribution in [2.24, 2.45) is 5.92 Å². The largest absolute Gasteiger partial charge is 0.445 e. The van der Waals surface area contributed by atoms with E-state index in [0.29, 0.717) is 19.1 Å². The van der Waals surface area contributed by atoms with E-state index in [1.54, 1.807) is 4.90 Å². The SMILES string of the molecule is O=C(OCc1ccccc1)N1CC[C@H]2CC[C@H](O)[C@@H]1C2. The molecule has 1 saturated carbocycles. The quantitative estimate of drug-likeness (QED) is 0.902. The third-order valence-corrected chi connectivity index (χ3v) is 4.51. The number of fused-ring (bicyclic) bond motifs is 2. The molecule has 20 heavy (non-hydrogen) atoms. The summed E-state index contributed by atoms with van der Waals surface area (Å²) in [5.74, 6) is 0.668. The lowest BCUT2D eigenvalue weighted by atomic mass is 9.78. The second kappa shape index (κ2) is 5.83. The molecule has 2 aliphatic rings. The second-order valence-corrected chi connectivity index (χ2v) is 5.84. The van der Waals surface area contributed by atoms with Crippen LogP contribution in [0.4, 0.5) is 4.79 Å². The van der Waals surface area contributed by atoms with Crippen molar-refractivity contribution in [3.63, 3.8) is 0 Å². The van der Waals surface area contributed by atoms with Crippen LogP contribution in [0.1, 0.15) is 31.2 Å². The summed E-state index contributed by atoms with van der Waals surface area (Å²) in [6.45, 7) is 1.00. The summed E-state index contributed by atoms with van der Waals surface area (Å²) in [5, 5.41) is 10.1. The highest BCUT2D eigenvalue weighted by Crippen LogP contribution is 2.35. The molecule has 1 amide bonds. The van der Waals surface area contributed by atoms with Crippen molar-refractivity contribution in [3.8, 4) is 0 Å². The summed E-state index contributed by atoms with van der Waals surface area (Å²) in [7, 11) is 0. The van der Waals surface area contributed by atoms with Crippen molar-refractivity contribution in [2.75, 3.05) is 6.54 Å². The first-order valence-electron chi connectivity index (χ1n) is 7.39. The van der Waals surface area contributed by atoms with E-state index < -0.39 is 6.10 Å². The van der Waals surface area contributed by atoms with Gasteiger partial charge in [0.25, 0.3) is 0 Å². The van der Waals surface area contributed by atoms with E-state index >= 15 is 0 Å². The summed E-state index contributed by atoms with van der Waals surface area (Å²) in [5.41, 5.74) is 0.986. The van der Waals surface area contributed by atoms with Gasteiger partial charge in [-0.1, -0.05) is 30.3 Å². The molecule has 3 rings (SSSR count). The molecule has 108 valence electrons. The zero-order valence-corrected chi connectivity index (χ0v) is 11.6. The van der Waals surface area contributed by atoms with E-state index in [4.69, 9.17) is 4.74 Å². The van der Waals surface area contributed by atoms with Gasteiger partial charge in [-0.3, -0.25) is 0 Å². The maximum Gasteiger partial charge on any atom is 0.410 e. The molecule has 1 heterocycles. The molecule has 3 atom stereocenters. The molecular weight excluding hydrogens is 254 g/mol. The number of nitrogens with zero attached hydrogens (tertiary/aromatic N) is 1. The Labute approximate surface area is 119 Å². The summed E-state index contributed by atoms with van der Waals surface area (Å²) < 4.78 is 5.38. The zero-order valence-electron chi connectivity index (χ0n) is 11.6. The third-order valence-electron chi connectivity index (χ3n) is 4.51. The molecule has 1 saturated heterocycles. The summed E-state index contributed by atoms with van der Waals surface area (Å²) in [6, 6.07) is 9.63. The Morgan fingerprint density at radius 3 is 2.85 bits per heavy atom. The first-order valence-corrected chi connectivity index (χ1v) is 7.39. The fraction of sp³-hybridized carbons (Fsp3) is 0.562. The van der Waals surface area contributed by atoms with Gasteiger partial charge in [0.1, 0.15) is 6.61 Å². The minimum absolute atomic E-state index is 0.0502. The van der Waals surface area contributed by atoms with Crippen molar-refractivity contribution < 1.29 is 14.6 Å². The lowest BCUT2D eigenvalue weighted by molar-refractivity contribution is -0.0271. The molecule has 1 N–H and O–H groups in total. The number of aliphatic hydroxyl groups excluding tert-OH is 1. The number of rotatable bonds is 2. The van der Waals surface area contributed by atoms with E-state index in [9.17, 15) is 9.90 Å². The van der Waals surface area contributed by atoms with Crippen LogP contribution < -0.4 is 0 Å². The topological polar surface area (TPSA) is 49.8 Å². The number of benzene rings is 1. The average Bonchev–Trinajstić information content (AvgIpc) is 2.50. The Balaban J connectivity index is 1.59. The summed E-state index contributed by atoms with van der Waals surface area (Å²) in [4.78, 5) is 13.9. The Morgan fingerprint density at radius 2 is 2.05 bits per heavy atom. The lowest BCUT2D eigenvalue weighted by Gasteiger charge is -2.44. The monoisotopic (exact) mass is 275 g/mol. The molecule has 0 radical (unpaired) electrons. The summed E-state index contributed by atoms with van der Waals surface area (Å²) >= 11 is 0. The lowest BCUT2D eigenvalue weighted by Crippen LogP contribution is -2.54. The molecule has 2 bridgehead atoms. The van der Waals surface area contributed by atoms with Gasteiger partial charge in [0.15, 0.2) is 0 Å². The van der Waals surface area contributed by atoms with Crippen LogP contribution in [-0.4, -0.2) is 34.8 Å². The maximum absolute atomic E-state index is 12.2. The highest BCUT2D eigenvalue weighted by atomic mass is 16.6. The zero-order chi connectivity index (χ0) is 13.9. The Bertz CT molecular complexity index is 462. The van der Waals surface area contributed by atoms with Crippen LogP contribution in [0.15, 0.2) is 30.3 Å². The van der Waals surface area contributed by atoms with E-state index in [-0.39, 0.29) is 12.1 Å². The molecule has 0 spiro atoms. The van der Waals surface area contributed by atoms with Crippen LogP contribution in [0.3, 0.4) is 0 Å². The first-order chi connectivity index (χ1) is 9.74. The van der Waals surface area contributed by atoms with Gasteiger partial charge in [0, 0.05) is 6.54 Å².